The Morgan fingerprint density at radius 2 is 1.93 bits per heavy atom. The summed E-state index contributed by atoms with van der Waals surface area (Å²) < 4.78 is 0. The monoisotopic (exact) mass is 209 g/mol. The van der Waals surface area contributed by atoms with Crippen LogP contribution in [0.2, 0.25) is 0 Å². The molecule has 0 aromatic rings. The molecular formula is C13H23NO. The zero-order valence-electron chi connectivity index (χ0n) is 9.71. The van der Waals surface area contributed by atoms with Crippen molar-refractivity contribution in [2.24, 2.45) is 5.92 Å². The molecule has 0 bridgehead atoms. The lowest BCUT2D eigenvalue weighted by Gasteiger charge is -2.29. The van der Waals surface area contributed by atoms with Crippen molar-refractivity contribution in [1.82, 2.24) is 4.90 Å². The molecule has 0 aromatic carbocycles. The van der Waals surface area contributed by atoms with E-state index in [1.165, 1.54) is 51.7 Å². The molecular weight excluding hydrogens is 186 g/mol. The Hall–Kier alpha value is -0.370. The van der Waals surface area contributed by atoms with Crippen LogP contribution in [0.5, 0.6) is 0 Å². The lowest BCUT2D eigenvalue weighted by Crippen LogP contribution is -2.32. The van der Waals surface area contributed by atoms with E-state index in [9.17, 15) is 4.79 Å². The normalized spacial score (nSPS) is 29.3. The van der Waals surface area contributed by atoms with E-state index in [1.54, 1.807) is 0 Å². The summed E-state index contributed by atoms with van der Waals surface area (Å²) in [6.45, 7) is 3.82. The highest BCUT2D eigenvalue weighted by Gasteiger charge is 2.20. The summed E-state index contributed by atoms with van der Waals surface area (Å²) in [7, 11) is 0. The molecule has 1 aliphatic carbocycles. The quantitative estimate of drug-likeness (QED) is 0.712. The average molecular weight is 209 g/mol. The summed E-state index contributed by atoms with van der Waals surface area (Å²) in [6, 6.07) is 0. The summed E-state index contributed by atoms with van der Waals surface area (Å²) in [5, 5.41) is 0. The number of piperidine rings is 1. The number of ketones is 1. The Labute approximate surface area is 93.0 Å². The Morgan fingerprint density at radius 3 is 2.67 bits per heavy atom. The van der Waals surface area contributed by atoms with Gasteiger partial charge in [-0.25, -0.2) is 0 Å². The molecule has 0 aromatic heterocycles. The molecule has 86 valence electrons. The zero-order valence-corrected chi connectivity index (χ0v) is 9.71. The highest BCUT2D eigenvalue weighted by atomic mass is 16.1. The van der Waals surface area contributed by atoms with Gasteiger partial charge in [0.05, 0.1) is 0 Å². The first-order chi connectivity index (χ1) is 7.34. The molecule has 0 radical (unpaired) electrons. The first-order valence-corrected chi connectivity index (χ1v) is 6.58. The molecule has 0 N–H and O–H groups in total. The molecule has 1 aliphatic heterocycles. The maximum atomic E-state index is 11.3. The van der Waals surface area contributed by atoms with Crippen LogP contribution in [0.4, 0.5) is 0 Å². The maximum absolute atomic E-state index is 11.3. The van der Waals surface area contributed by atoms with Crippen molar-refractivity contribution in [3.63, 3.8) is 0 Å². The van der Waals surface area contributed by atoms with Crippen LogP contribution >= 0.6 is 0 Å². The number of nitrogens with zero attached hydrogens (tertiary/aromatic N) is 1. The van der Waals surface area contributed by atoms with E-state index < -0.39 is 0 Å². The summed E-state index contributed by atoms with van der Waals surface area (Å²) in [4.78, 5) is 13.9. The van der Waals surface area contributed by atoms with Crippen molar-refractivity contribution in [1.29, 1.82) is 0 Å². The minimum Gasteiger partial charge on any atom is -0.303 e. The smallest absolute Gasteiger partial charge is 0.133 e. The van der Waals surface area contributed by atoms with Crippen molar-refractivity contribution in [3.8, 4) is 0 Å². The number of carbonyl (C=O) groups is 1. The van der Waals surface area contributed by atoms with Gasteiger partial charge in [0.2, 0.25) is 0 Å². The van der Waals surface area contributed by atoms with E-state index in [1.807, 2.05) is 0 Å². The van der Waals surface area contributed by atoms with Gasteiger partial charge in [0.25, 0.3) is 0 Å². The Morgan fingerprint density at radius 1 is 1.13 bits per heavy atom. The molecule has 15 heavy (non-hydrogen) atoms. The molecule has 1 unspecified atom stereocenters. The van der Waals surface area contributed by atoms with E-state index in [0.717, 1.165) is 19.3 Å². The molecule has 2 fully saturated rings. The second-order valence-electron chi connectivity index (χ2n) is 5.19. The number of likely N-dealkylation sites (tertiary alicyclic amines) is 1. The minimum absolute atomic E-state index is 0.505. The van der Waals surface area contributed by atoms with Gasteiger partial charge in [0.15, 0.2) is 0 Å². The zero-order chi connectivity index (χ0) is 10.5. The number of carbonyl (C=O) groups excluding carboxylic acids is 1. The van der Waals surface area contributed by atoms with Crippen LogP contribution in [0.1, 0.15) is 51.4 Å². The van der Waals surface area contributed by atoms with E-state index in [-0.39, 0.29) is 0 Å². The van der Waals surface area contributed by atoms with Crippen LogP contribution in [0.15, 0.2) is 0 Å². The van der Waals surface area contributed by atoms with Crippen molar-refractivity contribution < 1.29 is 4.79 Å². The summed E-state index contributed by atoms with van der Waals surface area (Å²) >= 11 is 0. The number of hydrogen-bond donors (Lipinski definition) is 0. The Bertz CT molecular complexity index is 209. The first kappa shape index (κ1) is 11.1. The van der Waals surface area contributed by atoms with Gasteiger partial charge in [-0.1, -0.05) is 6.42 Å². The van der Waals surface area contributed by atoms with Crippen molar-refractivity contribution in [2.45, 2.75) is 51.4 Å². The van der Waals surface area contributed by atoms with Crippen molar-refractivity contribution in [3.05, 3.63) is 0 Å². The molecule has 1 saturated heterocycles. The van der Waals surface area contributed by atoms with E-state index in [0.29, 0.717) is 11.7 Å². The second-order valence-corrected chi connectivity index (χ2v) is 5.19. The molecule has 1 atom stereocenters. The van der Waals surface area contributed by atoms with Gasteiger partial charge < -0.3 is 4.90 Å². The summed E-state index contributed by atoms with van der Waals surface area (Å²) in [5.74, 6) is 1.21. The molecule has 0 amide bonds. The van der Waals surface area contributed by atoms with Gasteiger partial charge in [-0.15, -0.1) is 0 Å². The highest BCUT2D eigenvalue weighted by molar-refractivity contribution is 5.79. The molecule has 0 spiro atoms. The Balaban J connectivity index is 1.65. The van der Waals surface area contributed by atoms with Gasteiger partial charge in [-0.2, -0.15) is 0 Å². The van der Waals surface area contributed by atoms with Crippen LogP contribution in [0.25, 0.3) is 0 Å². The van der Waals surface area contributed by atoms with Crippen molar-refractivity contribution >= 4 is 5.78 Å². The topological polar surface area (TPSA) is 20.3 Å². The fourth-order valence-electron chi connectivity index (χ4n) is 2.91. The SMILES string of the molecule is O=C1CCCC(CCN2CCCCC2)C1. The van der Waals surface area contributed by atoms with E-state index >= 15 is 0 Å². The minimum atomic E-state index is 0.505. The van der Waals surface area contributed by atoms with Gasteiger partial charge in [0.1, 0.15) is 5.78 Å². The first-order valence-electron chi connectivity index (χ1n) is 6.58. The molecule has 1 heterocycles. The van der Waals surface area contributed by atoms with Gasteiger partial charge in [-0.05, 0) is 57.7 Å². The van der Waals surface area contributed by atoms with E-state index in [2.05, 4.69) is 4.90 Å². The largest absolute Gasteiger partial charge is 0.303 e. The molecule has 2 rings (SSSR count). The van der Waals surface area contributed by atoms with Crippen molar-refractivity contribution in [2.75, 3.05) is 19.6 Å². The van der Waals surface area contributed by atoms with Crippen LogP contribution in [-0.4, -0.2) is 30.3 Å². The lowest BCUT2D eigenvalue weighted by molar-refractivity contribution is -0.121. The maximum Gasteiger partial charge on any atom is 0.133 e. The number of hydrogen-bond acceptors (Lipinski definition) is 2. The third kappa shape index (κ3) is 3.60. The number of Topliss-reactive ketones (excluding diaryl/α,β-unsaturated/α-hetero) is 1. The molecule has 1 saturated carbocycles. The molecule has 2 heteroatoms. The van der Waals surface area contributed by atoms with Crippen LogP contribution < -0.4 is 0 Å². The lowest BCUT2D eigenvalue weighted by atomic mass is 9.86. The fraction of sp³-hybridized carbons (Fsp3) is 0.923. The van der Waals surface area contributed by atoms with Gasteiger partial charge >= 0.3 is 0 Å². The third-order valence-corrected chi connectivity index (χ3v) is 3.89. The fourth-order valence-corrected chi connectivity index (χ4v) is 2.91. The predicted molar refractivity (Wildman–Crippen MR) is 61.9 cm³/mol. The standard InChI is InChI=1S/C13H23NO/c15-13-6-4-5-12(11-13)7-10-14-8-2-1-3-9-14/h12H,1-11H2. The van der Waals surface area contributed by atoms with Crippen LogP contribution in [-0.2, 0) is 4.79 Å². The summed E-state index contributed by atoms with van der Waals surface area (Å²) in [5.41, 5.74) is 0. The third-order valence-electron chi connectivity index (χ3n) is 3.89. The number of rotatable bonds is 3. The van der Waals surface area contributed by atoms with E-state index in [4.69, 9.17) is 0 Å². The van der Waals surface area contributed by atoms with Gasteiger partial charge in [-0.3, -0.25) is 4.79 Å². The molecule has 2 nitrogen and oxygen atoms in total. The predicted octanol–water partition coefficient (Wildman–Crippen LogP) is 2.62. The second kappa shape index (κ2) is 5.64. The Kier molecular flexibility index (Phi) is 4.18. The highest BCUT2D eigenvalue weighted by Crippen LogP contribution is 2.24. The average Bonchev–Trinajstić information content (AvgIpc) is 2.28. The van der Waals surface area contributed by atoms with Crippen LogP contribution in [0, 0.1) is 5.92 Å². The summed E-state index contributed by atoms with van der Waals surface area (Å²) in [6.07, 6.45) is 9.58. The molecule has 2 aliphatic rings. The van der Waals surface area contributed by atoms with Crippen LogP contribution in [0.3, 0.4) is 0 Å². The van der Waals surface area contributed by atoms with Gasteiger partial charge in [0, 0.05) is 12.8 Å².